The Hall–Kier alpha value is -1.47. The quantitative estimate of drug-likeness (QED) is 0.575. The van der Waals surface area contributed by atoms with Gasteiger partial charge in [0.15, 0.2) is 15.9 Å². The maximum atomic E-state index is 13.3. The van der Waals surface area contributed by atoms with Crippen LogP contribution in [0.2, 0.25) is 15.1 Å². The fraction of sp³-hybridized carbons (Fsp3) is 0.381. The Balaban J connectivity index is 1.84. The lowest BCUT2D eigenvalue weighted by atomic mass is 10.1. The van der Waals surface area contributed by atoms with Crippen LogP contribution in [0.15, 0.2) is 36.4 Å². The average Bonchev–Trinajstić information content (AvgIpc) is 3.03. The Morgan fingerprint density at radius 1 is 1.17 bits per heavy atom. The highest BCUT2D eigenvalue weighted by Crippen LogP contribution is 2.27. The van der Waals surface area contributed by atoms with E-state index in [0.717, 1.165) is 5.56 Å². The standard InChI is InChI=1S/C21H22Cl3NO4S/c1-13-9-18(5-6-19(13)23)29-14(2)21(26)25(17-7-8-30(27,28)12-17)11-15-3-4-16(22)10-20(15)24/h3-6,9-10,14,17H,7-8,11-12H2,1-2H3/t14-,17+/m0/s1. The van der Waals surface area contributed by atoms with Crippen LogP contribution in [0.4, 0.5) is 0 Å². The van der Waals surface area contributed by atoms with Crippen molar-refractivity contribution in [3.8, 4) is 5.75 Å². The van der Waals surface area contributed by atoms with E-state index >= 15 is 0 Å². The zero-order valence-electron chi connectivity index (χ0n) is 16.6. The minimum atomic E-state index is -3.18. The predicted octanol–water partition coefficient (Wildman–Crippen LogP) is 4.94. The molecule has 0 spiro atoms. The molecule has 1 aliphatic heterocycles. The highest BCUT2D eigenvalue weighted by atomic mass is 35.5. The van der Waals surface area contributed by atoms with E-state index < -0.39 is 22.0 Å². The molecule has 162 valence electrons. The van der Waals surface area contributed by atoms with E-state index in [9.17, 15) is 13.2 Å². The number of hydrogen-bond acceptors (Lipinski definition) is 4. The van der Waals surface area contributed by atoms with Gasteiger partial charge in [-0.2, -0.15) is 0 Å². The number of nitrogens with zero attached hydrogens (tertiary/aromatic N) is 1. The van der Waals surface area contributed by atoms with E-state index in [2.05, 4.69) is 0 Å². The number of aryl methyl sites for hydroxylation is 1. The Labute approximate surface area is 191 Å². The molecule has 0 saturated carbocycles. The van der Waals surface area contributed by atoms with E-state index in [1.54, 1.807) is 48.2 Å². The molecule has 0 aliphatic carbocycles. The van der Waals surface area contributed by atoms with Gasteiger partial charge in [0.25, 0.3) is 5.91 Å². The summed E-state index contributed by atoms with van der Waals surface area (Å²) in [5.41, 5.74) is 1.52. The second kappa shape index (κ2) is 9.35. The summed E-state index contributed by atoms with van der Waals surface area (Å²) in [6.45, 7) is 3.66. The summed E-state index contributed by atoms with van der Waals surface area (Å²) in [5.74, 6) is 0.190. The molecule has 1 amide bonds. The smallest absolute Gasteiger partial charge is 0.263 e. The Morgan fingerprint density at radius 2 is 1.90 bits per heavy atom. The fourth-order valence-electron chi connectivity index (χ4n) is 3.42. The second-order valence-corrected chi connectivity index (χ2v) is 10.9. The molecule has 2 aromatic rings. The topological polar surface area (TPSA) is 63.7 Å². The summed E-state index contributed by atoms with van der Waals surface area (Å²) in [4.78, 5) is 14.8. The molecule has 2 atom stereocenters. The minimum absolute atomic E-state index is 0.0570. The van der Waals surface area contributed by atoms with Gasteiger partial charge in [-0.3, -0.25) is 4.79 Å². The van der Waals surface area contributed by atoms with Gasteiger partial charge in [-0.1, -0.05) is 40.9 Å². The molecule has 0 radical (unpaired) electrons. The number of benzene rings is 2. The molecule has 0 aromatic heterocycles. The van der Waals surface area contributed by atoms with Crippen LogP contribution in [0.5, 0.6) is 5.75 Å². The number of halogens is 3. The van der Waals surface area contributed by atoms with E-state index in [1.807, 2.05) is 6.92 Å². The van der Waals surface area contributed by atoms with E-state index in [-0.39, 0.29) is 24.0 Å². The summed E-state index contributed by atoms with van der Waals surface area (Å²) >= 11 is 18.3. The van der Waals surface area contributed by atoms with Gasteiger partial charge in [0.1, 0.15) is 5.75 Å². The van der Waals surface area contributed by atoms with Gasteiger partial charge in [0.2, 0.25) is 0 Å². The Bertz CT molecular complexity index is 1060. The largest absolute Gasteiger partial charge is 0.481 e. The molecule has 0 unspecified atom stereocenters. The van der Waals surface area contributed by atoms with Crippen LogP contribution in [0.1, 0.15) is 24.5 Å². The third kappa shape index (κ3) is 5.61. The van der Waals surface area contributed by atoms with Crippen molar-refractivity contribution in [1.82, 2.24) is 4.90 Å². The van der Waals surface area contributed by atoms with Crippen LogP contribution in [0, 0.1) is 6.92 Å². The van der Waals surface area contributed by atoms with Crippen molar-refractivity contribution >= 4 is 50.5 Å². The van der Waals surface area contributed by atoms with Gasteiger partial charge >= 0.3 is 0 Å². The third-order valence-corrected chi connectivity index (χ3v) is 7.84. The summed E-state index contributed by atoms with van der Waals surface area (Å²) in [6, 6.07) is 9.75. The minimum Gasteiger partial charge on any atom is -0.481 e. The molecule has 9 heteroatoms. The van der Waals surface area contributed by atoms with Crippen molar-refractivity contribution in [1.29, 1.82) is 0 Å². The normalized spacial score (nSPS) is 18.8. The molecule has 30 heavy (non-hydrogen) atoms. The molecule has 3 rings (SSSR count). The number of carbonyl (C=O) groups excluding carboxylic acids is 1. The van der Waals surface area contributed by atoms with Gasteiger partial charge in [0.05, 0.1) is 11.5 Å². The molecule has 1 heterocycles. The van der Waals surface area contributed by atoms with E-state index in [4.69, 9.17) is 39.5 Å². The molecule has 1 aliphatic rings. The van der Waals surface area contributed by atoms with Gasteiger partial charge in [-0.05, 0) is 61.7 Å². The van der Waals surface area contributed by atoms with Gasteiger partial charge in [-0.15, -0.1) is 0 Å². The fourth-order valence-corrected chi connectivity index (χ4v) is 5.74. The number of rotatable bonds is 6. The lowest BCUT2D eigenvalue weighted by Crippen LogP contribution is -2.46. The Morgan fingerprint density at radius 3 is 2.50 bits per heavy atom. The molecular formula is C21H22Cl3NO4S. The van der Waals surface area contributed by atoms with Crippen LogP contribution in [-0.4, -0.2) is 42.9 Å². The molecule has 0 N–H and O–H groups in total. The number of amides is 1. The van der Waals surface area contributed by atoms with Crippen LogP contribution in [0.3, 0.4) is 0 Å². The van der Waals surface area contributed by atoms with E-state index in [1.165, 1.54) is 0 Å². The number of ether oxygens (including phenoxy) is 1. The lowest BCUT2D eigenvalue weighted by molar-refractivity contribution is -0.140. The highest BCUT2D eigenvalue weighted by Gasteiger charge is 2.37. The SMILES string of the molecule is Cc1cc(O[C@@H](C)C(=O)N(Cc2ccc(Cl)cc2Cl)[C@@H]2CCS(=O)(=O)C2)ccc1Cl. The highest BCUT2D eigenvalue weighted by molar-refractivity contribution is 7.91. The maximum Gasteiger partial charge on any atom is 0.263 e. The van der Waals surface area contributed by atoms with Gasteiger partial charge < -0.3 is 9.64 Å². The zero-order valence-corrected chi connectivity index (χ0v) is 19.7. The molecule has 5 nitrogen and oxygen atoms in total. The molecule has 1 saturated heterocycles. The summed E-state index contributed by atoms with van der Waals surface area (Å²) < 4.78 is 29.9. The van der Waals surface area contributed by atoms with Gasteiger partial charge in [0, 0.05) is 27.7 Å². The van der Waals surface area contributed by atoms with Gasteiger partial charge in [-0.25, -0.2) is 8.42 Å². The Kier molecular flexibility index (Phi) is 7.23. The maximum absolute atomic E-state index is 13.3. The van der Waals surface area contributed by atoms with Crippen molar-refractivity contribution in [3.05, 3.63) is 62.6 Å². The first-order valence-corrected chi connectivity index (χ1v) is 12.4. The van der Waals surface area contributed by atoms with Crippen molar-refractivity contribution in [2.75, 3.05) is 11.5 Å². The van der Waals surface area contributed by atoms with Crippen molar-refractivity contribution in [2.24, 2.45) is 0 Å². The van der Waals surface area contributed by atoms with Crippen LogP contribution in [-0.2, 0) is 21.2 Å². The summed E-state index contributed by atoms with van der Waals surface area (Å²) in [6.07, 6.45) is -0.438. The molecule has 1 fully saturated rings. The zero-order chi connectivity index (χ0) is 22.1. The number of hydrogen-bond donors (Lipinski definition) is 0. The van der Waals surface area contributed by atoms with Crippen LogP contribution in [0.25, 0.3) is 0 Å². The first kappa shape index (κ1) is 23.2. The molecule has 2 aromatic carbocycles. The summed E-state index contributed by atoms with van der Waals surface area (Å²) in [5, 5.41) is 1.51. The average molecular weight is 491 g/mol. The first-order valence-electron chi connectivity index (χ1n) is 9.43. The van der Waals surface area contributed by atoms with Crippen molar-refractivity contribution in [3.63, 3.8) is 0 Å². The lowest BCUT2D eigenvalue weighted by Gasteiger charge is -2.31. The monoisotopic (exact) mass is 489 g/mol. The van der Waals surface area contributed by atoms with E-state index in [0.29, 0.717) is 32.8 Å². The molecular weight excluding hydrogens is 469 g/mol. The number of sulfone groups is 1. The third-order valence-electron chi connectivity index (χ3n) is 5.08. The van der Waals surface area contributed by atoms with Crippen molar-refractivity contribution < 1.29 is 17.9 Å². The second-order valence-electron chi connectivity index (χ2n) is 7.43. The molecule has 0 bridgehead atoms. The van der Waals surface area contributed by atoms with Crippen LogP contribution < -0.4 is 4.74 Å². The van der Waals surface area contributed by atoms with Crippen molar-refractivity contribution in [2.45, 2.75) is 39.0 Å². The first-order chi connectivity index (χ1) is 14.1. The predicted molar refractivity (Wildman–Crippen MR) is 120 cm³/mol. The number of carbonyl (C=O) groups is 1. The summed E-state index contributed by atoms with van der Waals surface area (Å²) in [7, 11) is -3.18. The van der Waals surface area contributed by atoms with Crippen LogP contribution >= 0.6 is 34.8 Å².